The van der Waals surface area contributed by atoms with Crippen molar-refractivity contribution < 1.29 is 9.84 Å². The van der Waals surface area contributed by atoms with Crippen LogP contribution < -0.4 is 15.4 Å². The molecule has 0 bridgehead atoms. The summed E-state index contributed by atoms with van der Waals surface area (Å²) in [5, 5.41) is 18.1. The van der Waals surface area contributed by atoms with Crippen LogP contribution >= 0.6 is 0 Å². The maximum atomic E-state index is 10.5. The number of nitrogens with one attached hydrogen (secondary N) is 2. The number of anilines is 2. The summed E-state index contributed by atoms with van der Waals surface area (Å²) < 4.78 is 6.00. The van der Waals surface area contributed by atoms with E-state index in [2.05, 4.69) is 32.4 Å². The van der Waals surface area contributed by atoms with Crippen molar-refractivity contribution in [3.05, 3.63) is 84.2 Å². The number of hydrogen-bond donors (Lipinski definition) is 3. The lowest BCUT2D eigenvalue weighted by molar-refractivity contribution is 0.141. The van der Waals surface area contributed by atoms with Crippen molar-refractivity contribution in [2.45, 2.75) is 25.9 Å². The highest BCUT2D eigenvalue weighted by Gasteiger charge is 2.19. The number of aliphatic hydroxyl groups excluding tert-OH is 1. The van der Waals surface area contributed by atoms with Crippen molar-refractivity contribution in [1.82, 2.24) is 15.3 Å². The van der Waals surface area contributed by atoms with Crippen LogP contribution in [-0.2, 0) is 0 Å². The Morgan fingerprint density at radius 2 is 1.97 bits per heavy atom. The molecule has 3 aromatic carbocycles. The fraction of sp³-hybridized carbons (Fsp3) is 0.241. The summed E-state index contributed by atoms with van der Waals surface area (Å²) in [5.74, 6) is 8.65. The van der Waals surface area contributed by atoms with E-state index in [4.69, 9.17) is 4.74 Å². The molecule has 0 saturated carbocycles. The quantitative estimate of drug-likeness (QED) is 0.353. The first-order valence-corrected chi connectivity index (χ1v) is 11.9. The van der Waals surface area contributed by atoms with Gasteiger partial charge < -0.3 is 20.5 Å². The third-order valence-corrected chi connectivity index (χ3v) is 6.19. The molecular formula is C29H28N4O2. The fourth-order valence-electron chi connectivity index (χ4n) is 4.25. The van der Waals surface area contributed by atoms with Gasteiger partial charge in [-0.25, -0.2) is 9.97 Å². The number of benzene rings is 3. The van der Waals surface area contributed by atoms with Crippen LogP contribution in [-0.4, -0.2) is 34.3 Å². The first-order valence-electron chi connectivity index (χ1n) is 11.9. The van der Waals surface area contributed by atoms with Crippen LogP contribution in [0.2, 0.25) is 0 Å². The predicted molar refractivity (Wildman–Crippen MR) is 139 cm³/mol. The Labute approximate surface area is 205 Å². The average Bonchev–Trinajstić information content (AvgIpc) is 2.90. The summed E-state index contributed by atoms with van der Waals surface area (Å²) >= 11 is 0. The van der Waals surface area contributed by atoms with Crippen molar-refractivity contribution in [3.8, 4) is 23.3 Å². The van der Waals surface area contributed by atoms with E-state index in [-0.39, 0.29) is 5.92 Å². The Hall–Kier alpha value is -3.92. The number of piperidine rings is 1. The normalized spacial score (nSPS) is 16.2. The van der Waals surface area contributed by atoms with E-state index in [9.17, 15) is 5.11 Å². The molecule has 6 heteroatoms. The zero-order chi connectivity index (χ0) is 24.0. The number of ether oxygens (including phenoxy) is 1. The largest absolute Gasteiger partial charge is 0.457 e. The van der Waals surface area contributed by atoms with E-state index in [1.54, 1.807) is 6.33 Å². The number of aromatic nitrogens is 2. The molecule has 2 atom stereocenters. The van der Waals surface area contributed by atoms with Crippen LogP contribution in [0.25, 0.3) is 10.9 Å². The maximum absolute atomic E-state index is 10.5. The lowest BCUT2D eigenvalue weighted by atomic mass is 9.94. The monoisotopic (exact) mass is 464 g/mol. The van der Waals surface area contributed by atoms with Crippen LogP contribution in [0.5, 0.6) is 11.5 Å². The van der Waals surface area contributed by atoms with E-state index in [0.29, 0.717) is 5.82 Å². The molecule has 0 spiro atoms. The van der Waals surface area contributed by atoms with Crippen molar-refractivity contribution in [2.24, 2.45) is 5.92 Å². The number of para-hydroxylation sites is 1. The van der Waals surface area contributed by atoms with Crippen molar-refractivity contribution in [3.63, 3.8) is 0 Å². The van der Waals surface area contributed by atoms with Crippen molar-refractivity contribution >= 4 is 22.4 Å². The molecule has 1 aliphatic heterocycles. The molecular weight excluding hydrogens is 436 g/mol. The first kappa shape index (κ1) is 22.9. The topological polar surface area (TPSA) is 79.3 Å². The molecule has 35 heavy (non-hydrogen) atoms. The van der Waals surface area contributed by atoms with E-state index in [0.717, 1.165) is 65.1 Å². The number of aliphatic hydroxyl groups is 1. The molecule has 1 fully saturated rings. The molecule has 0 aliphatic carbocycles. The number of nitrogens with zero attached hydrogens (tertiary/aromatic N) is 2. The third kappa shape index (κ3) is 5.60. The molecule has 1 saturated heterocycles. The second-order valence-electron chi connectivity index (χ2n) is 8.80. The fourth-order valence-corrected chi connectivity index (χ4v) is 4.25. The number of rotatable bonds is 5. The minimum atomic E-state index is -0.636. The van der Waals surface area contributed by atoms with Gasteiger partial charge >= 0.3 is 0 Å². The smallest absolute Gasteiger partial charge is 0.141 e. The second kappa shape index (κ2) is 10.6. The highest BCUT2D eigenvalue weighted by molar-refractivity contribution is 5.91. The van der Waals surface area contributed by atoms with Crippen LogP contribution in [0, 0.1) is 24.7 Å². The van der Waals surface area contributed by atoms with Gasteiger partial charge in [-0.3, -0.25) is 0 Å². The Bertz CT molecular complexity index is 1370. The van der Waals surface area contributed by atoms with Gasteiger partial charge in [0, 0.05) is 29.1 Å². The van der Waals surface area contributed by atoms with Gasteiger partial charge in [0.2, 0.25) is 0 Å². The zero-order valence-electron chi connectivity index (χ0n) is 19.7. The lowest BCUT2D eigenvalue weighted by Crippen LogP contribution is -2.36. The summed E-state index contributed by atoms with van der Waals surface area (Å²) in [5.41, 5.74) is 3.56. The van der Waals surface area contributed by atoms with Crippen LogP contribution in [0.1, 0.15) is 24.0 Å². The molecule has 2 heterocycles. The van der Waals surface area contributed by atoms with E-state index in [1.807, 2.05) is 73.7 Å². The van der Waals surface area contributed by atoms with Gasteiger partial charge in [0.1, 0.15) is 29.7 Å². The van der Waals surface area contributed by atoms with Crippen LogP contribution in [0.4, 0.5) is 11.5 Å². The Kier molecular flexibility index (Phi) is 6.89. The third-order valence-electron chi connectivity index (χ3n) is 6.19. The molecule has 4 aromatic rings. The van der Waals surface area contributed by atoms with E-state index >= 15 is 0 Å². The number of aryl methyl sites for hydroxylation is 1. The van der Waals surface area contributed by atoms with Gasteiger partial charge in [0.15, 0.2) is 0 Å². The maximum Gasteiger partial charge on any atom is 0.141 e. The Morgan fingerprint density at radius 3 is 2.77 bits per heavy atom. The summed E-state index contributed by atoms with van der Waals surface area (Å²) in [6.45, 7) is 3.84. The van der Waals surface area contributed by atoms with Gasteiger partial charge in [-0.05, 0) is 80.4 Å². The molecule has 3 N–H and O–H groups in total. The summed E-state index contributed by atoms with van der Waals surface area (Å²) in [7, 11) is 0. The molecule has 1 aromatic heterocycles. The SMILES string of the molecule is Cc1cc(Nc2ncnc3ccc(C#CC(O)C4CCCNC4)cc23)ccc1Oc1ccccc1. The van der Waals surface area contributed by atoms with Gasteiger partial charge in [-0.2, -0.15) is 0 Å². The second-order valence-corrected chi connectivity index (χ2v) is 8.80. The Balaban J connectivity index is 1.36. The highest BCUT2D eigenvalue weighted by atomic mass is 16.5. The molecule has 1 aliphatic rings. The van der Waals surface area contributed by atoms with Gasteiger partial charge in [-0.1, -0.05) is 30.0 Å². The zero-order valence-corrected chi connectivity index (χ0v) is 19.7. The molecule has 2 unspecified atom stereocenters. The van der Waals surface area contributed by atoms with Gasteiger partial charge in [0.25, 0.3) is 0 Å². The minimum absolute atomic E-state index is 0.175. The van der Waals surface area contributed by atoms with Crippen LogP contribution in [0.3, 0.4) is 0 Å². The van der Waals surface area contributed by atoms with E-state index in [1.165, 1.54) is 0 Å². The molecule has 5 rings (SSSR count). The van der Waals surface area contributed by atoms with Crippen molar-refractivity contribution in [1.29, 1.82) is 0 Å². The molecule has 0 amide bonds. The van der Waals surface area contributed by atoms with Gasteiger partial charge in [0.05, 0.1) is 5.52 Å². The van der Waals surface area contributed by atoms with E-state index < -0.39 is 6.10 Å². The standard InChI is InChI=1S/C29H28N4O2/c1-20-16-23(11-14-28(20)35-24-7-3-2-4-8-24)33-29-25-17-21(9-12-26(25)31-19-32-29)10-13-27(34)22-6-5-15-30-18-22/h2-4,7-9,11-12,14,16-17,19,22,27,30,34H,5-6,15,18H2,1H3,(H,31,32,33). The number of hydrogen-bond acceptors (Lipinski definition) is 6. The molecule has 0 radical (unpaired) electrons. The van der Waals surface area contributed by atoms with Crippen LogP contribution in [0.15, 0.2) is 73.1 Å². The minimum Gasteiger partial charge on any atom is -0.457 e. The number of fused-ring (bicyclic) bond motifs is 1. The first-order chi connectivity index (χ1) is 17.2. The summed E-state index contributed by atoms with van der Waals surface area (Å²) in [6, 6.07) is 21.5. The highest BCUT2D eigenvalue weighted by Crippen LogP contribution is 2.30. The average molecular weight is 465 g/mol. The molecule has 176 valence electrons. The molecule has 6 nitrogen and oxygen atoms in total. The predicted octanol–water partition coefficient (Wildman–Crippen LogP) is 5.19. The summed E-state index contributed by atoms with van der Waals surface area (Å²) in [4.78, 5) is 8.87. The van der Waals surface area contributed by atoms with Gasteiger partial charge in [-0.15, -0.1) is 0 Å². The Morgan fingerprint density at radius 1 is 1.09 bits per heavy atom. The lowest BCUT2D eigenvalue weighted by Gasteiger charge is -2.24. The summed E-state index contributed by atoms with van der Waals surface area (Å²) in [6.07, 6.45) is 2.99. The van der Waals surface area contributed by atoms with Crippen molar-refractivity contribution in [2.75, 3.05) is 18.4 Å².